The number of anilines is 1. The minimum atomic E-state index is 0.533. The van der Waals surface area contributed by atoms with E-state index in [1.807, 2.05) is 6.07 Å². The molecule has 0 atom stereocenters. The van der Waals surface area contributed by atoms with Crippen LogP contribution < -0.4 is 10.5 Å². The molecule has 0 aliphatic carbocycles. The second kappa shape index (κ2) is 4.72. The third kappa shape index (κ3) is 2.65. The minimum Gasteiger partial charge on any atom is -0.454 e. The van der Waals surface area contributed by atoms with Gasteiger partial charge in [0.1, 0.15) is 11.5 Å². The highest BCUT2D eigenvalue weighted by molar-refractivity contribution is 9.10. The van der Waals surface area contributed by atoms with Crippen LogP contribution in [0.5, 0.6) is 11.5 Å². The predicted octanol–water partition coefficient (Wildman–Crippen LogP) is 3.87. The average Bonchev–Trinajstić information content (AvgIpc) is 2.24. The van der Waals surface area contributed by atoms with E-state index in [0.717, 1.165) is 4.47 Å². The molecule has 1 aromatic carbocycles. The van der Waals surface area contributed by atoms with E-state index >= 15 is 0 Å². The molecule has 0 spiro atoms. The van der Waals surface area contributed by atoms with Crippen LogP contribution in [-0.4, -0.2) is 4.98 Å². The molecule has 0 bridgehead atoms. The zero-order valence-electron chi connectivity index (χ0n) is 8.15. The molecule has 1 aromatic heterocycles. The summed E-state index contributed by atoms with van der Waals surface area (Å²) in [7, 11) is 0. The summed E-state index contributed by atoms with van der Waals surface area (Å²) in [5, 5.41) is 0.533. The number of nitrogens with two attached hydrogens (primary N) is 1. The summed E-state index contributed by atoms with van der Waals surface area (Å²) < 4.78 is 6.46. The molecule has 0 saturated heterocycles. The molecule has 82 valence electrons. The van der Waals surface area contributed by atoms with E-state index in [1.165, 1.54) is 0 Å². The first-order valence-electron chi connectivity index (χ1n) is 4.48. The Morgan fingerprint density at radius 2 is 2.06 bits per heavy atom. The largest absolute Gasteiger partial charge is 0.454 e. The fourth-order valence-electron chi connectivity index (χ4n) is 1.17. The van der Waals surface area contributed by atoms with Crippen molar-refractivity contribution in [3.63, 3.8) is 0 Å². The number of hydrogen-bond acceptors (Lipinski definition) is 3. The number of nitrogen functional groups attached to an aromatic ring is 1. The van der Waals surface area contributed by atoms with Crippen molar-refractivity contribution in [2.45, 2.75) is 0 Å². The summed E-state index contributed by atoms with van der Waals surface area (Å²) >= 11 is 9.33. The summed E-state index contributed by atoms with van der Waals surface area (Å²) in [6.07, 6.45) is 3.13. The Kier molecular flexibility index (Phi) is 3.31. The molecule has 2 rings (SSSR count). The number of hydrogen-bond donors (Lipinski definition) is 1. The highest BCUT2D eigenvalue weighted by atomic mass is 79.9. The molecule has 0 saturated carbocycles. The molecule has 5 heteroatoms. The van der Waals surface area contributed by atoms with Crippen molar-refractivity contribution >= 4 is 33.2 Å². The Labute approximate surface area is 106 Å². The molecule has 0 amide bonds. The molecule has 1 heterocycles. The van der Waals surface area contributed by atoms with Crippen LogP contribution in [0.15, 0.2) is 41.1 Å². The number of nitrogens with zero attached hydrogens (tertiary/aromatic N) is 1. The third-order valence-electron chi connectivity index (χ3n) is 1.86. The number of pyridine rings is 1. The van der Waals surface area contributed by atoms with Crippen molar-refractivity contribution < 1.29 is 4.74 Å². The van der Waals surface area contributed by atoms with E-state index in [2.05, 4.69) is 20.9 Å². The second-order valence-corrected chi connectivity index (χ2v) is 4.45. The lowest BCUT2D eigenvalue weighted by Crippen LogP contribution is -1.90. The molecule has 16 heavy (non-hydrogen) atoms. The number of ether oxygens (including phenoxy) is 1. The monoisotopic (exact) mass is 298 g/mol. The van der Waals surface area contributed by atoms with E-state index < -0.39 is 0 Å². The molecule has 3 nitrogen and oxygen atoms in total. The maximum absolute atomic E-state index is 5.99. The fraction of sp³-hybridized carbons (Fsp3) is 0. The van der Waals surface area contributed by atoms with Crippen LogP contribution >= 0.6 is 27.5 Å². The smallest absolute Gasteiger partial charge is 0.147 e. The first-order valence-corrected chi connectivity index (χ1v) is 5.65. The van der Waals surface area contributed by atoms with Crippen LogP contribution in [0.1, 0.15) is 0 Å². The first kappa shape index (κ1) is 11.2. The topological polar surface area (TPSA) is 48.1 Å². The van der Waals surface area contributed by atoms with Crippen LogP contribution in [0.2, 0.25) is 5.02 Å². The Morgan fingerprint density at radius 3 is 2.81 bits per heavy atom. The van der Waals surface area contributed by atoms with Crippen molar-refractivity contribution in [3.8, 4) is 11.5 Å². The van der Waals surface area contributed by atoms with Crippen molar-refractivity contribution in [2.24, 2.45) is 0 Å². The Bertz CT molecular complexity index is 519. The normalized spacial score (nSPS) is 10.1. The van der Waals surface area contributed by atoms with Gasteiger partial charge in [0.25, 0.3) is 0 Å². The molecule has 2 N–H and O–H groups in total. The summed E-state index contributed by atoms with van der Waals surface area (Å²) in [5.41, 5.74) is 6.14. The lowest BCUT2D eigenvalue weighted by atomic mass is 10.3. The van der Waals surface area contributed by atoms with Crippen LogP contribution in [0.4, 0.5) is 5.69 Å². The van der Waals surface area contributed by atoms with Crippen LogP contribution in [0, 0.1) is 0 Å². The van der Waals surface area contributed by atoms with Gasteiger partial charge >= 0.3 is 0 Å². The second-order valence-electron chi connectivity index (χ2n) is 3.13. The number of aromatic nitrogens is 1. The lowest BCUT2D eigenvalue weighted by molar-refractivity contribution is 0.480. The van der Waals surface area contributed by atoms with Gasteiger partial charge in [0, 0.05) is 10.5 Å². The van der Waals surface area contributed by atoms with Crippen molar-refractivity contribution in [3.05, 3.63) is 46.2 Å². The Morgan fingerprint density at radius 1 is 1.25 bits per heavy atom. The van der Waals surface area contributed by atoms with Crippen molar-refractivity contribution in [1.29, 1.82) is 0 Å². The van der Waals surface area contributed by atoms with Gasteiger partial charge in [0.15, 0.2) is 0 Å². The van der Waals surface area contributed by atoms with Gasteiger partial charge in [-0.15, -0.1) is 0 Å². The lowest BCUT2D eigenvalue weighted by Gasteiger charge is -2.07. The van der Waals surface area contributed by atoms with E-state index in [9.17, 15) is 0 Å². The zero-order valence-corrected chi connectivity index (χ0v) is 10.5. The zero-order chi connectivity index (χ0) is 11.5. The predicted molar refractivity (Wildman–Crippen MR) is 67.9 cm³/mol. The molecular weight excluding hydrogens is 291 g/mol. The number of rotatable bonds is 2. The molecule has 0 aliphatic rings. The fourth-order valence-corrected chi connectivity index (χ4v) is 1.67. The van der Waals surface area contributed by atoms with Gasteiger partial charge in [-0.2, -0.15) is 0 Å². The highest BCUT2D eigenvalue weighted by Crippen LogP contribution is 2.32. The van der Waals surface area contributed by atoms with E-state index in [-0.39, 0.29) is 0 Å². The van der Waals surface area contributed by atoms with E-state index in [1.54, 1.807) is 30.6 Å². The summed E-state index contributed by atoms with van der Waals surface area (Å²) in [4.78, 5) is 3.93. The van der Waals surface area contributed by atoms with E-state index in [0.29, 0.717) is 22.2 Å². The van der Waals surface area contributed by atoms with Gasteiger partial charge in [-0.1, -0.05) is 27.5 Å². The summed E-state index contributed by atoms with van der Waals surface area (Å²) in [5.74, 6) is 1.11. The highest BCUT2D eigenvalue weighted by Gasteiger charge is 2.04. The van der Waals surface area contributed by atoms with Gasteiger partial charge in [0.05, 0.1) is 23.1 Å². The standard InChI is InChI=1S/C11H8BrClN2O/c12-7-1-2-10(13)11(3-7)16-9-4-8(14)5-15-6-9/h1-6H,14H2. The van der Waals surface area contributed by atoms with Crippen LogP contribution in [0.3, 0.4) is 0 Å². The molecule has 2 aromatic rings. The quantitative estimate of drug-likeness (QED) is 0.915. The van der Waals surface area contributed by atoms with Gasteiger partial charge in [0.2, 0.25) is 0 Å². The van der Waals surface area contributed by atoms with Crippen molar-refractivity contribution in [1.82, 2.24) is 4.98 Å². The number of halogens is 2. The average molecular weight is 300 g/mol. The van der Waals surface area contributed by atoms with Gasteiger partial charge < -0.3 is 10.5 Å². The van der Waals surface area contributed by atoms with Gasteiger partial charge in [-0.3, -0.25) is 4.98 Å². The number of benzene rings is 1. The maximum Gasteiger partial charge on any atom is 0.147 e. The third-order valence-corrected chi connectivity index (χ3v) is 2.66. The molecule has 0 aliphatic heterocycles. The molecule has 0 unspecified atom stereocenters. The Hall–Kier alpha value is -1.26. The first-order chi connectivity index (χ1) is 7.65. The molecule has 0 fully saturated rings. The minimum absolute atomic E-state index is 0.533. The molecular formula is C11H8BrClN2O. The van der Waals surface area contributed by atoms with Gasteiger partial charge in [-0.05, 0) is 18.2 Å². The van der Waals surface area contributed by atoms with Crippen LogP contribution in [-0.2, 0) is 0 Å². The Balaban J connectivity index is 2.30. The SMILES string of the molecule is Nc1cncc(Oc2cc(Br)ccc2Cl)c1. The maximum atomic E-state index is 5.99. The summed E-state index contributed by atoms with van der Waals surface area (Å²) in [6, 6.07) is 7.06. The van der Waals surface area contributed by atoms with E-state index in [4.69, 9.17) is 22.1 Å². The summed E-state index contributed by atoms with van der Waals surface area (Å²) in [6.45, 7) is 0. The van der Waals surface area contributed by atoms with Crippen molar-refractivity contribution in [2.75, 3.05) is 5.73 Å². The van der Waals surface area contributed by atoms with Crippen LogP contribution in [0.25, 0.3) is 0 Å². The van der Waals surface area contributed by atoms with Gasteiger partial charge in [-0.25, -0.2) is 0 Å². The molecule has 0 radical (unpaired) electrons.